The first kappa shape index (κ1) is 16.4. The van der Waals surface area contributed by atoms with Crippen molar-refractivity contribution in [3.05, 3.63) is 23.9 Å². The maximum atomic E-state index is 12.3. The maximum absolute atomic E-state index is 12.3. The molecule has 0 atom stereocenters. The van der Waals surface area contributed by atoms with Crippen LogP contribution in [0.1, 0.15) is 39.2 Å². The molecule has 0 saturated heterocycles. The smallest absolute Gasteiger partial charge is 0.258 e. The molecular weight excluding hydrogens is 286 g/mol. The molecule has 0 spiro atoms. The fourth-order valence-corrected chi connectivity index (χ4v) is 3.44. The monoisotopic (exact) mass is 311 g/mol. The topological polar surface area (TPSA) is 71.1 Å². The highest BCUT2D eigenvalue weighted by Crippen LogP contribution is 2.51. The van der Waals surface area contributed by atoms with Crippen molar-refractivity contribution in [2.45, 2.75) is 45.2 Å². The number of sulfonamides is 1. The molecule has 0 amide bonds. The maximum Gasteiger partial charge on any atom is 0.258 e. The number of nitrogens with zero attached hydrogens (tertiary/aromatic N) is 1. The number of hydrogen-bond acceptors (Lipinski definition) is 4. The first-order valence-electron chi connectivity index (χ1n) is 7.55. The lowest BCUT2D eigenvalue weighted by molar-refractivity contribution is 0.357. The number of nitrogens with one attached hydrogen (secondary N) is 2. The van der Waals surface area contributed by atoms with E-state index in [9.17, 15) is 8.42 Å². The van der Waals surface area contributed by atoms with Gasteiger partial charge in [0, 0.05) is 19.3 Å². The molecule has 6 heteroatoms. The summed E-state index contributed by atoms with van der Waals surface area (Å²) in [6, 6.07) is 3.38. The predicted molar refractivity (Wildman–Crippen MR) is 83.3 cm³/mol. The Morgan fingerprint density at radius 3 is 2.52 bits per heavy atom. The van der Waals surface area contributed by atoms with E-state index >= 15 is 0 Å². The summed E-state index contributed by atoms with van der Waals surface area (Å²) in [4.78, 5) is 4.08. The van der Waals surface area contributed by atoms with Crippen LogP contribution in [0.15, 0.2) is 23.4 Å². The Kier molecular flexibility index (Phi) is 5.01. The van der Waals surface area contributed by atoms with Gasteiger partial charge in [-0.25, -0.2) is 18.1 Å². The quantitative estimate of drug-likeness (QED) is 0.769. The zero-order valence-electron chi connectivity index (χ0n) is 13.0. The van der Waals surface area contributed by atoms with Crippen LogP contribution < -0.4 is 10.0 Å². The van der Waals surface area contributed by atoms with Gasteiger partial charge in [0.1, 0.15) is 0 Å². The SMILES string of the molecule is CCNCc1ccc(S(=O)(=O)NCC2(C(C)C)CC2)nc1. The zero-order valence-corrected chi connectivity index (χ0v) is 13.8. The summed E-state index contributed by atoms with van der Waals surface area (Å²) in [5, 5.41) is 3.28. The summed E-state index contributed by atoms with van der Waals surface area (Å²) >= 11 is 0. The van der Waals surface area contributed by atoms with E-state index in [1.807, 2.05) is 6.92 Å². The van der Waals surface area contributed by atoms with E-state index in [4.69, 9.17) is 0 Å². The molecule has 1 aromatic heterocycles. The minimum Gasteiger partial charge on any atom is -0.313 e. The standard InChI is InChI=1S/C15H25N3O2S/c1-4-16-9-13-5-6-14(17-10-13)21(19,20)18-11-15(7-8-15)12(2)3/h5-6,10,12,16,18H,4,7-9,11H2,1-3H3. The Morgan fingerprint density at radius 2 is 2.05 bits per heavy atom. The zero-order chi connectivity index (χ0) is 15.5. The van der Waals surface area contributed by atoms with Crippen LogP contribution in [0.4, 0.5) is 0 Å². The van der Waals surface area contributed by atoms with Gasteiger partial charge >= 0.3 is 0 Å². The Hall–Kier alpha value is -0.980. The molecule has 0 aromatic carbocycles. The van der Waals surface area contributed by atoms with Gasteiger partial charge < -0.3 is 5.32 Å². The van der Waals surface area contributed by atoms with E-state index in [2.05, 4.69) is 28.9 Å². The highest BCUT2D eigenvalue weighted by Gasteiger charge is 2.45. The van der Waals surface area contributed by atoms with Gasteiger partial charge in [-0.1, -0.05) is 26.8 Å². The molecule has 1 aliphatic carbocycles. The minimum atomic E-state index is -3.51. The number of rotatable bonds is 8. The second-order valence-corrected chi connectivity index (χ2v) is 7.84. The van der Waals surface area contributed by atoms with Gasteiger partial charge in [-0.15, -0.1) is 0 Å². The van der Waals surface area contributed by atoms with Crippen molar-refractivity contribution >= 4 is 10.0 Å². The van der Waals surface area contributed by atoms with Crippen LogP contribution in [0.5, 0.6) is 0 Å². The Morgan fingerprint density at radius 1 is 1.33 bits per heavy atom. The van der Waals surface area contributed by atoms with Crippen LogP contribution in [0.2, 0.25) is 0 Å². The van der Waals surface area contributed by atoms with E-state index < -0.39 is 10.0 Å². The van der Waals surface area contributed by atoms with Crippen molar-refractivity contribution < 1.29 is 8.42 Å². The van der Waals surface area contributed by atoms with Crippen molar-refractivity contribution in [3.63, 3.8) is 0 Å². The molecule has 0 bridgehead atoms. The van der Waals surface area contributed by atoms with E-state index in [1.165, 1.54) is 0 Å². The fourth-order valence-electron chi connectivity index (χ4n) is 2.38. The van der Waals surface area contributed by atoms with Gasteiger partial charge in [0.15, 0.2) is 5.03 Å². The largest absolute Gasteiger partial charge is 0.313 e. The molecule has 2 N–H and O–H groups in total. The van der Waals surface area contributed by atoms with Gasteiger partial charge in [-0.2, -0.15) is 0 Å². The molecule has 0 radical (unpaired) electrons. The summed E-state index contributed by atoms with van der Waals surface area (Å²) < 4.78 is 27.2. The third-order valence-electron chi connectivity index (χ3n) is 4.38. The average Bonchev–Trinajstić information content (AvgIpc) is 3.25. The lowest BCUT2D eigenvalue weighted by Crippen LogP contribution is -2.33. The van der Waals surface area contributed by atoms with E-state index in [0.29, 0.717) is 19.0 Å². The third-order valence-corrected chi connectivity index (χ3v) is 5.70. The summed E-state index contributed by atoms with van der Waals surface area (Å²) in [5.41, 5.74) is 1.13. The van der Waals surface area contributed by atoms with Gasteiger partial charge in [-0.05, 0) is 42.3 Å². The van der Waals surface area contributed by atoms with Crippen molar-refractivity contribution in [1.29, 1.82) is 0 Å². The fraction of sp³-hybridized carbons (Fsp3) is 0.667. The Bertz CT molecular complexity index is 563. The van der Waals surface area contributed by atoms with Crippen molar-refractivity contribution in [3.8, 4) is 0 Å². The molecular formula is C15H25N3O2S. The number of pyridine rings is 1. The highest BCUT2D eigenvalue weighted by atomic mass is 32.2. The lowest BCUT2D eigenvalue weighted by Gasteiger charge is -2.19. The normalized spacial score (nSPS) is 17.1. The van der Waals surface area contributed by atoms with Gasteiger partial charge in [0.25, 0.3) is 10.0 Å². The van der Waals surface area contributed by atoms with Crippen molar-refractivity contribution in [2.24, 2.45) is 11.3 Å². The third kappa shape index (κ3) is 4.02. The molecule has 0 unspecified atom stereocenters. The molecule has 1 aliphatic rings. The van der Waals surface area contributed by atoms with E-state index in [0.717, 1.165) is 24.9 Å². The van der Waals surface area contributed by atoms with Crippen LogP contribution in [0.25, 0.3) is 0 Å². The Labute approximate surface area is 127 Å². The molecule has 1 heterocycles. The van der Waals surface area contributed by atoms with Crippen LogP contribution in [-0.2, 0) is 16.6 Å². The molecule has 5 nitrogen and oxygen atoms in total. The second kappa shape index (κ2) is 6.42. The first-order valence-corrected chi connectivity index (χ1v) is 9.03. The minimum absolute atomic E-state index is 0.0994. The van der Waals surface area contributed by atoms with Gasteiger partial charge in [-0.3, -0.25) is 0 Å². The molecule has 1 fully saturated rings. The van der Waals surface area contributed by atoms with Crippen LogP contribution in [0.3, 0.4) is 0 Å². The second-order valence-electron chi connectivity index (χ2n) is 6.13. The molecule has 1 saturated carbocycles. The number of aromatic nitrogens is 1. The molecule has 2 rings (SSSR count). The first-order chi connectivity index (χ1) is 9.89. The van der Waals surface area contributed by atoms with Crippen LogP contribution in [-0.4, -0.2) is 26.5 Å². The van der Waals surface area contributed by atoms with E-state index in [-0.39, 0.29) is 10.4 Å². The van der Waals surface area contributed by atoms with Crippen LogP contribution >= 0.6 is 0 Å². The predicted octanol–water partition coefficient (Wildman–Crippen LogP) is 1.91. The average molecular weight is 311 g/mol. The highest BCUT2D eigenvalue weighted by molar-refractivity contribution is 7.89. The lowest BCUT2D eigenvalue weighted by atomic mass is 9.93. The summed E-state index contributed by atoms with van der Waals surface area (Å²) in [7, 11) is -3.51. The van der Waals surface area contributed by atoms with Gasteiger partial charge in [0.2, 0.25) is 0 Å². The molecule has 0 aliphatic heterocycles. The Balaban J connectivity index is 1.99. The summed E-state index contributed by atoms with van der Waals surface area (Å²) in [6.45, 7) is 8.41. The van der Waals surface area contributed by atoms with Crippen molar-refractivity contribution in [2.75, 3.05) is 13.1 Å². The summed E-state index contributed by atoms with van der Waals surface area (Å²) in [5.74, 6) is 0.496. The summed E-state index contributed by atoms with van der Waals surface area (Å²) in [6.07, 6.45) is 3.82. The molecule has 118 valence electrons. The number of hydrogen-bond donors (Lipinski definition) is 2. The van der Waals surface area contributed by atoms with Gasteiger partial charge in [0.05, 0.1) is 0 Å². The molecule has 21 heavy (non-hydrogen) atoms. The van der Waals surface area contributed by atoms with E-state index in [1.54, 1.807) is 18.3 Å². The molecule has 1 aromatic rings. The van der Waals surface area contributed by atoms with Crippen LogP contribution in [0, 0.1) is 11.3 Å². The van der Waals surface area contributed by atoms with Crippen molar-refractivity contribution in [1.82, 2.24) is 15.0 Å².